The molecule has 4 aromatic heterocycles. The lowest BCUT2D eigenvalue weighted by molar-refractivity contribution is 0.574. The molecule has 0 saturated carbocycles. The third-order valence-electron chi connectivity index (χ3n) is 4.63. The lowest BCUT2D eigenvalue weighted by Crippen LogP contribution is -2.16. The number of hydrogen-bond donors (Lipinski definition) is 0. The van der Waals surface area contributed by atoms with Crippen LogP contribution in [0, 0.1) is 13.8 Å². The van der Waals surface area contributed by atoms with Gasteiger partial charge in [0.25, 0.3) is 5.56 Å². The van der Waals surface area contributed by atoms with Crippen molar-refractivity contribution in [1.29, 1.82) is 0 Å². The first-order valence-electron chi connectivity index (χ1n) is 8.73. The molecule has 0 saturated heterocycles. The van der Waals surface area contributed by atoms with Crippen molar-refractivity contribution in [1.82, 2.24) is 14.2 Å². The van der Waals surface area contributed by atoms with E-state index in [-0.39, 0.29) is 5.56 Å². The van der Waals surface area contributed by atoms with Crippen molar-refractivity contribution in [2.24, 2.45) is 5.10 Å². The summed E-state index contributed by atoms with van der Waals surface area (Å²) < 4.78 is 8.98. The molecule has 0 N–H and O–H groups in total. The van der Waals surface area contributed by atoms with Crippen LogP contribution in [0.5, 0.6) is 0 Å². The van der Waals surface area contributed by atoms with Gasteiger partial charge in [0.2, 0.25) is 0 Å². The topological polar surface area (TPSA) is 65.3 Å². The van der Waals surface area contributed by atoms with Gasteiger partial charge in [-0.25, -0.2) is 4.98 Å². The van der Waals surface area contributed by atoms with Gasteiger partial charge in [0.05, 0.1) is 17.9 Å². The third kappa shape index (κ3) is 2.94. The van der Waals surface area contributed by atoms with Crippen LogP contribution < -0.4 is 5.56 Å². The maximum absolute atomic E-state index is 13.0. The summed E-state index contributed by atoms with van der Waals surface area (Å²) in [6.07, 6.45) is 4.77. The number of fused-ring (bicyclic) bond motifs is 1. The van der Waals surface area contributed by atoms with E-state index in [9.17, 15) is 4.79 Å². The molecule has 0 spiro atoms. The fourth-order valence-electron chi connectivity index (χ4n) is 3.47. The molecule has 0 aliphatic rings. The smallest absolute Gasteiger partial charge is 0.283 e. The first-order valence-corrected chi connectivity index (χ1v) is 9.61. The Balaban J connectivity index is 1.78. The minimum absolute atomic E-state index is 0.207. The zero-order valence-corrected chi connectivity index (χ0v) is 16.4. The lowest BCUT2D eigenvalue weighted by atomic mass is 10.2. The quantitative estimate of drug-likeness (QED) is 0.486. The van der Waals surface area contributed by atoms with E-state index in [2.05, 4.69) is 48.4 Å². The Morgan fingerprint density at radius 2 is 2.15 bits per heavy atom. The molecule has 138 valence electrons. The molecular weight excluding hydrogens is 360 g/mol. The average Bonchev–Trinajstić information content (AvgIpc) is 3.33. The minimum Gasteiger partial charge on any atom is -0.464 e. The van der Waals surface area contributed by atoms with E-state index < -0.39 is 0 Å². The van der Waals surface area contributed by atoms with E-state index in [1.807, 2.05) is 11.4 Å². The van der Waals surface area contributed by atoms with Gasteiger partial charge in [-0.3, -0.25) is 4.79 Å². The summed E-state index contributed by atoms with van der Waals surface area (Å²) in [6.45, 7) is 8.43. The van der Waals surface area contributed by atoms with Crippen LogP contribution in [0.15, 0.2) is 50.5 Å². The molecular formula is C20H20N4O2S. The first-order chi connectivity index (χ1) is 13.0. The lowest BCUT2D eigenvalue weighted by Gasteiger charge is -2.13. The molecule has 4 rings (SSSR count). The van der Waals surface area contributed by atoms with Gasteiger partial charge in [0, 0.05) is 33.9 Å². The highest BCUT2D eigenvalue weighted by atomic mass is 32.1. The van der Waals surface area contributed by atoms with Gasteiger partial charge in [-0.05, 0) is 45.9 Å². The van der Waals surface area contributed by atoms with Crippen LogP contribution in [0.2, 0.25) is 0 Å². The second kappa shape index (κ2) is 6.66. The fraction of sp³-hybridized carbons (Fsp3) is 0.250. The van der Waals surface area contributed by atoms with Crippen molar-refractivity contribution >= 4 is 27.8 Å². The van der Waals surface area contributed by atoms with E-state index in [0.717, 1.165) is 16.8 Å². The second-order valence-corrected chi connectivity index (χ2v) is 7.59. The van der Waals surface area contributed by atoms with Crippen LogP contribution in [0.1, 0.15) is 36.8 Å². The minimum atomic E-state index is -0.207. The van der Waals surface area contributed by atoms with E-state index in [1.54, 1.807) is 18.5 Å². The van der Waals surface area contributed by atoms with Crippen LogP contribution in [0.25, 0.3) is 21.5 Å². The third-order valence-corrected chi connectivity index (χ3v) is 5.51. The summed E-state index contributed by atoms with van der Waals surface area (Å²) in [6, 6.07) is 6.09. The van der Waals surface area contributed by atoms with Gasteiger partial charge in [-0.15, -0.1) is 11.3 Å². The standard InChI is InChI=1S/C20H20N4O2S/c1-12(2)24-13(3)8-15(14(24)4)9-22-23-11-21-19-18(20(23)25)16(10-27-19)17-6-5-7-26-17/h5-12H,1-4H3/b22-9-. The maximum atomic E-state index is 13.0. The van der Waals surface area contributed by atoms with Gasteiger partial charge in [-0.2, -0.15) is 9.78 Å². The van der Waals surface area contributed by atoms with Gasteiger partial charge >= 0.3 is 0 Å². The SMILES string of the molecule is Cc1cc(/C=N\n2cnc3scc(-c4ccco4)c3c2=O)c(C)n1C(C)C. The summed E-state index contributed by atoms with van der Waals surface area (Å²) in [5.41, 5.74) is 3.83. The number of rotatable bonds is 4. The highest BCUT2D eigenvalue weighted by Gasteiger charge is 2.15. The summed E-state index contributed by atoms with van der Waals surface area (Å²) in [5, 5.41) is 6.80. The maximum Gasteiger partial charge on any atom is 0.283 e. The summed E-state index contributed by atoms with van der Waals surface area (Å²) in [5.74, 6) is 0.655. The molecule has 0 aliphatic heterocycles. The highest BCUT2D eigenvalue weighted by molar-refractivity contribution is 7.17. The number of aromatic nitrogens is 3. The van der Waals surface area contributed by atoms with Crippen molar-refractivity contribution in [3.63, 3.8) is 0 Å². The Bertz CT molecular complexity index is 1190. The number of thiophene rings is 1. The number of hydrogen-bond acceptors (Lipinski definition) is 5. The number of aryl methyl sites for hydroxylation is 1. The first kappa shape index (κ1) is 17.5. The molecule has 0 bridgehead atoms. The molecule has 6 nitrogen and oxygen atoms in total. The van der Waals surface area contributed by atoms with Crippen LogP contribution in [-0.2, 0) is 0 Å². The second-order valence-electron chi connectivity index (χ2n) is 6.74. The molecule has 0 unspecified atom stereocenters. The molecule has 4 aromatic rings. The van der Waals surface area contributed by atoms with E-state index in [0.29, 0.717) is 22.0 Å². The van der Waals surface area contributed by atoms with E-state index in [4.69, 9.17) is 4.42 Å². The predicted molar refractivity (Wildman–Crippen MR) is 109 cm³/mol. The Morgan fingerprint density at radius 3 is 2.81 bits per heavy atom. The molecule has 0 atom stereocenters. The van der Waals surface area contributed by atoms with Gasteiger partial charge in [0.1, 0.15) is 16.9 Å². The molecule has 4 heterocycles. The monoisotopic (exact) mass is 380 g/mol. The van der Waals surface area contributed by atoms with Crippen molar-refractivity contribution in [3.05, 3.63) is 63.5 Å². The van der Waals surface area contributed by atoms with Gasteiger partial charge < -0.3 is 8.98 Å². The predicted octanol–water partition coefficient (Wildman–Crippen LogP) is 4.60. The Morgan fingerprint density at radius 1 is 1.33 bits per heavy atom. The van der Waals surface area contributed by atoms with E-state index >= 15 is 0 Å². The summed E-state index contributed by atoms with van der Waals surface area (Å²) in [4.78, 5) is 18.0. The Labute approximate surface area is 160 Å². The van der Waals surface area contributed by atoms with Crippen molar-refractivity contribution in [2.75, 3.05) is 0 Å². The van der Waals surface area contributed by atoms with Gasteiger partial charge in [0.15, 0.2) is 0 Å². The molecule has 0 radical (unpaired) electrons. The average molecular weight is 380 g/mol. The van der Waals surface area contributed by atoms with Crippen LogP contribution >= 0.6 is 11.3 Å². The molecule has 0 aliphatic carbocycles. The van der Waals surface area contributed by atoms with Gasteiger partial charge in [-0.1, -0.05) is 0 Å². The zero-order chi connectivity index (χ0) is 19.1. The summed E-state index contributed by atoms with van der Waals surface area (Å²) >= 11 is 1.42. The molecule has 7 heteroatoms. The van der Waals surface area contributed by atoms with Crippen molar-refractivity contribution in [3.8, 4) is 11.3 Å². The summed E-state index contributed by atoms with van der Waals surface area (Å²) in [7, 11) is 0. The molecule has 0 amide bonds. The Hall–Kier alpha value is -2.93. The normalized spacial score (nSPS) is 12.0. The van der Waals surface area contributed by atoms with Crippen LogP contribution in [-0.4, -0.2) is 20.4 Å². The highest BCUT2D eigenvalue weighted by Crippen LogP contribution is 2.30. The number of nitrogens with zero attached hydrogens (tertiary/aromatic N) is 4. The molecule has 0 aromatic carbocycles. The zero-order valence-electron chi connectivity index (χ0n) is 15.6. The van der Waals surface area contributed by atoms with Crippen molar-refractivity contribution in [2.45, 2.75) is 33.7 Å². The van der Waals surface area contributed by atoms with Crippen LogP contribution in [0.4, 0.5) is 0 Å². The fourth-order valence-corrected chi connectivity index (χ4v) is 4.36. The van der Waals surface area contributed by atoms with E-state index in [1.165, 1.54) is 28.0 Å². The molecule has 27 heavy (non-hydrogen) atoms. The molecule has 0 fully saturated rings. The largest absolute Gasteiger partial charge is 0.464 e. The Kier molecular flexibility index (Phi) is 4.31. The number of furan rings is 1. The van der Waals surface area contributed by atoms with Crippen molar-refractivity contribution < 1.29 is 4.42 Å². The van der Waals surface area contributed by atoms with Crippen LogP contribution in [0.3, 0.4) is 0 Å².